The maximum absolute atomic E-state index is 12.5. The first kappa shape index (κ1) is 16.5. The molecule has 1 aromatic rings. The number of nitrogens with two attached hydrogens (primary N) is 1. The highest BCUT2D eigenvalue weighted by Gasteiger charge is 2.19. The summed E-state index contributed by atoms with van der Waals surface area (Å²) in [7, 11) is -1.07. The van der Waals surface area contributed by atoms with Gasteiger partial charge in [-0.1, -0.05) is 19.3 Å². The van der Waals surface area contributed by atoms with Crippen molar-refractivity contribution in [3.8, 4) is 5.75 Å². The molecule has 118 valence electrons. The van der Waals surface area contributed by atoms with E-state index in [1.54, 1.807) is 12.1 Å². The van der Waals surface area contributed by atoms with Crippen LogP contribution in [0, 0.1) is 5.92 Å². The number of aromatic hydroxyl groups is 1. The van der Waals surface area contributed by atoms with Gasteiger partial charge in [0.15, 0.2) is 0 Å². The number of phenols is 1. The zero-order chi connectivity index (χ0) is 15.2. The average Bonchev–Trinajstić information content (AvgIpc) is 2.48. The molecule has 2 unspecified atom stereocenters. The van der Waals surface area contributed by atoms with Crippen LogP contribution in [0.25, 0.3) is 0 Å². The number of aliphatic hydroxyl groups excluding tert-OH is 1. The third-order valence-electron chi connectivity index (χ3n) is 4.17. The van der Waals surface area contributed by atoms with E-state index in [1.807, 2.05) is 0 Å². The summed E-state index contributed by atoms with van der Waals surface area (Å²) in [5.74, 6) is 1.25. The Morgan fingerprint density at radius 1 is 1.29 bits per heavy atom. The molecule has 1 aliphatic rings. The number of phenolic OH excluding ortho intramolecular Hbond substituents is 1. The van der Waals surface area contributed by atoms with Crippen molar-refractivity contribution < 1.29 is 14.4 Å². The summed E-state index contributed by atoms with van der Waals surface area (Å²) in [5.41, 5.74) is 5.86. The Hall–Kier alpha value is -0.910. The number of benzene rings is 1. The van der Waals surface area contributed by atoms with Crippen LogP contribution in [-0.2, 0) is 10.8 Å². The van der Waals surface area contributed by atoms with Gasteiger partial charge < -0.3 is 15.9 Å². The molecule has 0 radical (unpaired) electrons. The van der Waals surface area contributed by atoms with Crippen LogP contribution >= 0.6 is 0 Å². The second-order valence-corrected chi connectivity index (χ2v) is 7.33. The van der Waals surface area contributed by atoms with E-state index >= 15 is 0 Å². The predicted octanol–water partition coefficient (Wildman–Crippen LogP) is 2.46. The first-order chi connectivity index (χ1) is 10.1. The van der Waals surface area contributed by atoms with Crippen LogP contribution in [0.5, 0.6) is 5.75 Å². The second kappa shape index (κ2) is 7.92. The summed E-state index contributed by atoms with van der Waals surface area (Å²) in [6, 6.07) is 4.87. The molecule has 4 N–H and O–H groups in total. The molecule has 0 aliphatic heterocycles. The lowest BCUT2D eigenvalue weighted by atomic mass is 9.91. The van der Waals surface area contributed by atoms with E-state index in [-0.39, 0.29) is 5.75 Å². The molecule has 0 amide bonds. The van der Waals surface area contributed by atoms with Gasteiger partial charge in [0.1, 0.15) is 5.75 Å². The Morgan fingerprint density at radius 3 is 2.67 bits per heavy atom. The lowest BCUT2D eigenvalue weighted by molar-refractivity contribution is 0.166. The molecule has 1 saturated carbocycles. The first-order valence-corrected chi connectivity index (χ1v) is 9.03. The maximum Gasteiger partial charge on any atom is 0.121 e. The van der Waals surface area contributed by atoms with Crippen molar-refractivity contribution in [3.05, 3.63) is 23.8 Å². The van der Waals surface area contributed by atoms with E-state index in [9.17, 15) is 14.4 Å². The van der Waals surface area contributed by atoms with Gasteiger partial charge in [-0.05, 0) is 49.9 Å². The number of aliphatic hydroxyl groups is 1. The molecule has 2 rings (SSSR count). The monoisotopic (exact) mass is 311 g/mol. The molecule has 4 nitrogen and oxygen atoms in total. The van der Waals surface area contributed by atoms with Gasteiger partial charge >= 0.3 is 0 Å². The summed E-state index contributed by atoms with van der Waals surface area (Å²) in [4.78, 5) is 0.685. The van der Waals surface area contributed by atoms with Gasteiger partial charge in [0.05, 0.1) is 16.9 Å². The fraction of sp³-hybridized carbons (Fsp3) is 0.625. The molecule has 0 heterocycles. The van der Waals surface area contributed by atoms with E-state index in [0.717, 1.165) is 12.8 Å². The zero-order valence-electron chi connectivity index (χ0n) is 12.3. The molecule has 1 aliphatic carbocycles. The van der Waals surface area contributed by atoms with Crippen molar-refractivity contribution in [2.45, 2.75) is 49.5 Å². The third kappa shape index (κ3) is 4.53. The van der Waals surface area contributed by atoms with Crippen LogP contribution in [0.2, 0.25) is 0 Å². The van der Waals surface area contributed by atoms with E-state index < -0.39 is 16.9 Å². The van der Waals surface area contributed by atoms with Gasteiger partial charge in [0.25, 0.3) is 0 Å². The topological polar surface area (TPSA) is 83.5 Å². The highest BCUT2D eigenvalue weighted by molar-refractivity contribution is 7.85. The Bertz CT molecular complexity index is 486. The molecule has 0 saturated heterocycles. The quantitative estimate of drug-likeness (QED) is 0.753. The summed E-state index contributed by atoms with van der Waals surface area (Å²) in [6.07, 6.45) is 5.65. The molecule has 21 heavy (non-hydrogen) atoms. The third-order valence-corrected chi connectivity index (χ3v) is 5.73. The van der Waals surface area contributed by atoms with Crippen LogP contribution in [0.15, 0.2) is 23.1 Å². The normalized spacial score (nSPS) is 19.3. The maximum atomic E-state index is 12.5. The summed E-state index contributed by atoms with van der Waals surface area (Å²) >= 11 is 0. The average molecular weight is 311 g/mol. The molecule has 5 heteroatoms. The Kier molecular flexibility index (Phi) is 6.21. The minimum Gasteiger partial charge on any atom is -0.508 e. The van der Waals surface area contributed by atoms with Crippen LogP contribution in [0.4, 0.5) is 0 Å². The molecular weight excluding hydrogens is 286 g/mol. The summed E-state index contributed by atoms with van der Waals surface area (Å²) < 4.78 is 12.5. The van der Waals surface area contributed by atoms with Crippen LogP contribution in [0.1, 0.15) is 50.2 Å². The fourth-order valence-electron chi connectivity index (χ4n) is 2.92. The number of hydrogen-bond donors (Lipinski definition) is 3. The van der Waals surface area contributed by atoms with E-state index in [0.29, 0.717) is 35.1 Å². The Labute approximate surface area is 128 Å². The fourth-order valence-corrected chi connectivity index (χ4v) is 4.35. The first-order valence-electron chi connectivity index (χ1n) is 7.71. The van der Waals surface area contributed by atoms with Crippen molar-refractivity contribution in [2.24, 2.45) is 11.7 Å². The molecular formula is C16H25NO3S. The van der Waals surface area contributed by atoms with Gasteiger partial charge in [0.2, 0.25) is 0 Å². The smallest absolute Gasteiger partial charge is 0.121 e. The van der Waals surface area contributed by atoms with Gasteiger partial charge in [0, 0.05) is 16.2 Å². The van der Waals surface area contributed by atoms with Gasteiger partial charge in [-0.2, -0.15) is 0 Å². The van der Waals surface area contributed by atoms with Crippen molar-refractivity contribution in [2.75, 3.05) is 12.3 Å². The van der Waals surface area contributed by atoms with E-state index in [4.69, 9.17) is 5.73 Å². The zero-order valence-corrected chi connectivity index (χ0v) is 13.1. The van der Waals surface area contributed by atoms with Gasteiger partial charge in [-0.3, -0.25) is 4.21 Å². The van der Waals surface area contributed by atoms with Gasteiger partial charge in [-0.25, -0.2) is 0 Å². The van der Waals surface area contributed by atoms with Gasteiger partial charge in [-0.15, -0.1) is 0 Å². The van der Waals surface area contributed by atoms with Crippen molar-refractivity contribution in [1.29, 1.82) is 0 Å². The predicted molar refractivity (Wildman–Crippen MR) is 84.6 cm³/mol. The highest BCUT2D eigenvalue weighted by atomic mass is 32.2. The standard InChI is InChI=1S/C16H25NO3S/c17-9-8-16(19)14-10-13(6-7-15(14)18)21(20)11-12-4-2-1-3-5-12/h6-7,10,12,16,18-19H,1-5,8-9,11,17H2. The van der Waals surface area contributed by atoms with Crippen LogP contribution < -0.4 is 5.73 Å². The van der Waals surface area contributed by atoms with Crippen LogP contribution in [0.3, 0.4) is 0 Å². The molecule has 1 aromatic carbocycles. The molecule has 1 fully saturated rings. The molecule has 0 aromatic heterocycles. The second-order valence-electron chi connectivity index (χ2n) is 5.83. The van der Waals surface area contributed by atoms with Crippen molar-refractivity contribution in [3.63, 3.8) is 0 Å². The minimum atomic E-state index is -1.07. The minimum absolute atomic E-state index is 0.0365. The lowest BCUT2D eigenvalue weighted by Gasteiger charge is -2.21. The van der Waals surface area contributed by atoms with Crippen molar-refractivity contribution in [1.82, 2.24) is 0 Å². The molecule has 2 atom stereocenters. The molecule has 0 bridgehead atoms. The Morgan fingerprint density at radius 2 is 2.00 bits per heavy atom. The summed E-state index contributed by atoms with van der Waals surface area (Å²) in [5, 5.41) is 19.8. The summed E-state index contributed by atoms with van der Waals surface area (Å²) in [6.45, 7) is 0.343. The largest absolute Gasteiger partial charge is 0.508 e. The lowest BCUT2D eigenvalue weighted by Crippen LogP contribution is -2.15. The SMILES string of the molecule is NCCC(O)c1cc(S(=O)CC2CCCCC2)ccc1O. The Balaban J connectivity index is 2.08. The van der Waals surface area contributed by atoms with E-state index in [2.05, 4.69) is 0 Å². The molecule has 0 spiro atoms. The number of rotatable bonds is 6. The van der Waals surface area contributed by atoms with Crippen LogP contribution in [-0.4, -0.2) is 26.7 Å². The highest BCUT2D eigenvalue weighted by Crippen LogP contribution is 2.30. The van der Waals surface area contributed by atoms with Crippen molar-refractivity contribution >= 4 is 10.8 Å². The number of hydrogen-bond acceptors (Lipinski definition) is 4. The van der Waals surface area contributed by atoms with E-state index in [1.165, 1.54) is 25.3 Å².